The smallest absolute Gasteiger partial charge is 0.136 e. The van der Waals surface area contributed by atoms with E-state index in [1.807, 2.05) is 6.07 Å². The number of hydrogen-bond donors (Lipinski definition) is 0. The van der Waals surface area contributed by atoms with Gasteiger partial charge in [0.15, 0.2) is 0 Å². The van der Waals surface area contributed by atoms with Crippen LogP contribution in [0.2, 0.25) is 0 Å². The molecule has 2 unspecified atom stereocenters. The highest BCUT2D eigenvalue weighted by molar-refractivity contribution is 6.24. The van der Waals surface area contributed by atoms with E-state index < -0.39 is 0 Å². The summed E-state index contributed by atoms with van der Waals surface area (Å²) in [6.45, 7) is 2.35. The first kappa shape index (κ1) is 19.3. The van der Waals surface area contributed by atoms with E-state index in [1.165, 1.54) is 54.7 Å². The number of rotatable bonds is 1. The Morgan fingerprint density at radius 3 is 2.63 bits per heavy atom. The van der Waals surface area contributed by atoms with Crippen molar-refractivity contribution in [3.63, 3.8) is 0 Å². The van der Waals surface area contributed by atoms with Crippen LogP contribution in [-0.4, -0.2) is 9.13 Å². The second kappa shape index (κ2) is 6.79. The number of furan rings is 1. The lowest BCUT2D eigenvalue weighted by atomic mass is 9.90. The van der Waals surface area contributed by atoms with Gasteiger partial charge in [0.2, 0.25) is 0 Å². The lowest BCUT2D eigenvalue weighted by Crippen LogP contribution is -2.06. The molecule has 0 spiro atoms. The predicted octanol–water partition coefficient (Wildman–Crippen LogP) is 8.76. The Kier molecular flexibility index (Phi) is 3.75. The van der Waals surface area contributed by atoms with Crippen LogP contribution in [0.4, 0.5) is 0 Å². The fourth-order valence-electron chi connectivity index (χ4n) is 6.68. The van der Waals surface area contributed by atoms with Gasteiger partial charge >= 0.3 is 0 Å². The summed E-state index contributed by atoms with van der Waals surface area (Å²) >= 11 is 0. The van der Waals surface area contributed by atoms with Gasteiger partial charge in [-0.3, -0.25) is 0 Å². The maximum Gasteiger partial charge on any atom is 0.136 e. The summed E-state index contributed by atoms with van der Waals surface area (Å²) in [5.74, 6) is 0.526. The van der Waals surface area contributed by atoms with Crippen LogP contribution in [0.25, 0.3) is 60.7 Å². The molecule has 3 nitrogen and oxygen atoms in total. The highest BCUT2D eigenvalue weighted by Crippen LogP contribution is 2.45. The molecule has 170 valence electrons. The molecule has 2 aliphatic carbocycles. The van der Waals surface area contributed by atoms with Gasteiger partial charge in [-0.1, -0.05) is 61.6 Å². The third kappa shape index (κ3) is 2.45. The first-order chi connectivity index (χ1) is 17.2. The van der Waals surface area contributed by atoms with E-state index in [0.717, 1.165) is 24.0 Å². The van der Waals surface area contributed by atoms with Gasteiger partial charge in [0.1, 0.15) is 11.2 Å². The topological polar surface area (TPSA) is 23.0 Å². The molecule has 35 heavy (non-hydrogen) atoms. The van der Waals surface area contributed by atoms with E-state index >= 15 is 0 Å². The zero-order valence-electron chi connectivity index (χ0n) is 20.0. The summed E-state index contributed by atoms with van der Waals surface area (Å²) in [4.78, 5) is 0. The number of fused-ring (bicyclic) bond motifs is 10. The Balaban J connectivity index is 1.59. The molecule has 0 saturated heterocycles. The Morgan fingerprint density at radius 2 is 1.74 bits per heavy atom. The van der Waals surface area contributed by atoms with Gasteiger partial charge in [-0.15, -0.1) is 0 Å². The Labute approximate surface area is 203 Å². The molecule has 0 aliphatic heterocycles. The van der Waals surface area contributed by atoms with Crippen LogP contribution in [0, 0.1) is 0 Å². The molecule has 0 radical (unpaired) electrons. The van der Waals surface area contributed by atoms with Crippen LogP contribution in [0.1, 0.15) is 43.0 Å². The van der Waals surface area contributed by atoms with Gasteiger partial charge in [-0.2, -0.15) is 0 Å². The van der Waals surface area contributed by atoms with E-state index in [0.29, 0.717) is 12.0 Å². The predicted molar refractivity (Wildman–Crippen MR) is 147 cm³/mol. The molecule has 0 fully saturated rings. The van der Waals surface area contributed by atoms with Gasteiger partial charge < -0.3 is 13.6 Å². The minimum absolute atomic E-state index is 0.293. The van der Waals surface area contributed by atoms with Crippen molar-refractivity contribution in [3.05, 3.63) is 90.2 Å². The highest BCUT2D eigenvalue weighted by Gasteiger charge is 2.26. The Morgan fingerprint density at radius 1 is 0.829 bits per heavy atom. The summed E-state index contributed by atoms with van der Waals surface area (Å²) in [7, 11) is 2.23. The van der Waals surface area contributed by atoms with Gasteiger partial charge in [0, 0.05) is 39.7 Å². The lowest BCUT2D eigenvalue weighted by molar-refractivity contribution is 0.648. The molecule has 0 N–H and O–H groups in total. The number of nitrogens with zero attached hydrogens (tertiary/aromatic N) is 2. The van der Waals surface area contributed by atoms with Crippen molar-refractivity contribution >= 4 is 60.7 Å². The first-order valence-electron chi connectivity index (χ1n) is 12.6. The van der Waals surface area contributed by atoms with E-state index in [2.05, 4.69) is 102 Å². The normalized spacial score (nSPS) is 19.7. The van der Waals surface area contributed by atoms with Crippen molar-refractivity contribution in [1.29, 1.82) is 0 Å². The average Bonchev–Trinajstić information content (AvgIpc) is 3.51. The molecule has 3 aromatic heterocycles. The largest absolute Gasteiger partial charge is 0.456 e. The third-order valence-corrected chi connectivity index (χ3v) is 8.25. The standard InChI is InChI=1S/C32H26N2O/c1-19-9-8-13-25-30(19)22-15-16-26-31(32(22)33(25)2)24-18-29-23(21-12-6-7-14-28(21)35-29)17-27(24)34(26)20-10-4-3-5-11-20/h3-8,10,12-20H,9,11H2,1-2H3. The van der Waals surface area contributed by atoms with E-state index in [1.54, 1.807) is 0 Å². The molecule has 8 rings (SSSR count). The summed E-state index contributed by atoms with van der Waals surface area (Å²) in [6.07, 6.45) is 15.7. The zero-order chi connectivity index (χ0) is 23.3. The first-order valence-corrected chi connectivity index (χ1v) is 12.6. The minimum Gasteiger partial charge on any atom is -0.456 e. The molecule has 2 atom stereocenters. The third-order valence-electron chi connectivity index (χ3n) is 8.25. The van der Waals surface area contributed by atoms with Crippen molar-refractivity contribution in [2.45, 2.75) is 31.7 Å². The van der Waals surface area contributed by atoms with E-state index in [9.17, 15) is 0 Å². The molecule has 6 aromatic rings. The van der Waals surface area contributed by atoms with Gasteiger partial charge in [-0.25, -0.2) is 0 Å². The molecule has 0 bridgehead atoms. The number of benzene rings is 3. The lowest BCUT2D eigenvalue weighted by Gasteiger charge is -2.18. The second-order valence-electron chi connectivity index (χ2n) is 10.2. The van der Waals surface area contributed by atoms with E-state index in [-0.39, 0.29) is 0 Å². The van der Waals surface area contributed by atoms with E-state index in [4.69, 9.17) is 4.42 Å². The average molecular weight is 455 g/mol. The van der Waals surface area contributed by atoms with Crippen molar-refractivity contribution < 1.29 is 4.42 Å². The fraction of sp³-hybridized carbons (Fsp3) is 0.188. The van der Waals surface area contributed by atoms with Crippen molar-refractivity contribution in [2.24, 2.45) is 7.05 Å². The monoisotopic (exact) mass is 454 g/mol. The zero-order valence-corrected chi connectivity index (χ0v) is 20.0. The molecule has 3 heterocycles. The maximum absolute atomic E-state index is 6.35. The molecule has 0 amide bonds. The molecule has 2 aliphatic rings. The van der Waals surface area contributed by atoms with Gasteiger partial charge in [-0.05, 0) is 54.7 Å². The van der Waals surface area contributed by atoms with Crippen LogP contribution in [0.5, 0.6) is 0 Å². The number of allylic oxidation sites excluding steroid dienone is 5. The quantitative estimate of drug-likeness (QED) is 0.243. The molecular weight excluding hydrogens is 428 g/mol. The SMILES string of the molecule is CC1CC=Cc2c1c1ccc3c(c4cc5oc6ccccc6c5cc4n3C3C=CC=CC3)c1n2C. The van der Waals surface area contributed by atoms with Crippen molar-refractivity contribution in [1.82, 2.24) is 9.13 Å². The minimum atomic E-state index is 0.293. The molecule has 3 aromatic carbocycles. The van der Waals surface area contributed by atoms with Gasteiger partial charge in [0.05, 0.1) is 22.6 Å². The number of hydrogen-bond acceptors (Lipinski definition) is 1. The fourth-order valence-corrected chi connectivity index (χ4v) is 6.68. The van der Waals surface area contributed by atoms with Crippen LogP contribution < -0.4 is 0 Å². The van der Waals surface area contributed by atoms with Gasteiger partial charge in [0.25, 0.3) is 0 Å². The number of aryl methyl sites for hydroxylation is 1. The number of aromatic nitrogens is 2. The Hall–Kier alpha value is -3.98. The van der Waals surface area contributed by atoms with Crippen molar-refractivity contribution in [2.75, 3.05) is 0 Å². The van der Waals surface area contributed by atoms with Crippen LogP contribution in [0.15, 0.2) is 83.3 Å². The molecule has 0 saturated carbocycles. The summed E-state index contributed by atoms with van der Waals surface area (Å²) < 4.78 is 11.3. The summed E-state index contributed by atoms with van der Waals surface area (Å²) in [6, 6.07) is 18.0. The van der Waals surface area contributed by atoms with Crippen LogP contribution >= 0.6 is 0 Å². The Bertz CT molecular complexity index is 1930. The molecular formula is C32H26N2O. The maximum atomic E-state index is 6.35. The van der Waals surface area contributed by atoms with Crippen LogP contribution in [-0.2, 0) is 7.05 Å². The second-order valence-corrected chi connectivity index (χ2v) is 10.2. The van der Waals surface area contributed by atoms with Crippen LogP contribution in [0.3, 0.4) is 0 Å². The summed E-state index contributed by atoms with van der Waals surface area (Å²) in [5.41, 5.74) is 8.64. The molecule has 3 heteroatoms. The number of para-hydroxylation sites is 1. The summed E-state index contributed by atoms with van der Waals surface area (Å²) in [5, 5.41) is 6.36. The highest BCUT2D eigenvalue weighted by atomic mass is 16.3. The van der Waals surface area contributed by atoms with Crippen molar-refractivity contribution in [3.8, 4) is 0 Å².